The van der Waals surface area contributed by atoms with E-state index in [-0.39, 0.29) is 23.8 Å². The number of hydrogen-bond donors (Lipinski definition) is 1. The molecule has 114 valence electrons. The maximum Gasteiger partial charge on any atom is 0.226 e. The second kappa shape index (κ2) is 5.72. The second-order valence-corrected chi connectivity index (χ2v) is 6.04. The molecule has 1 aliphatic carbocycles. The summed E-state index contributed by atoms with van der Waals surface area (Å²) >= 11 is 0. The molecular weight excluding hydrogens is 274 g/mol. The van der Waals surface area contributed by atoms with Gasteiger partial charge in [0, 0.05) is 25.1 Å². The molecule has 2 aliphatic rings. The minimum Gasteiger partial charge on any atom is -0.342 e. The zero-order chi connectivity index (χ0) is 15.0. The minimum absolute atomic E-state index is 0.0932. The fourth-order valence-electron chi connectivity index (χ4n) is 3.25. The maximum atomic E-state index is 13.8. The van der Waals surface area contributed by atoms with Gasteiger partial charge in [-0.25, -0.2) is 8.78 Å². The summed E-state index contributed by atoms with van der Waals surface area (Å²) in [5.41, 5.74) is 0.466. The Morgan fingerprint density at radius 1 is 1.29 bits per heavy atom. The zero-order valence-corrected chi connectivity index (χ0v) is 12.1. The number of rotatable bonds is 3. The first-order chi connectivity index (χ1) is 10.1. The van der Waals surface area contributed by atoms with Crippen LogP contribution in [0.25, 0.3) is 0 Å². The van der Waals surface area contributed by atoms with E-state index in [1.54, 1.807) is 0 Å². The Bertz CT molecular complexity index is 543. The van der Waals surface area contributed by atoms with Crippen LogP contribution in [0.1, 0.15) is 30.7 Å². The lowest BCUT2D eigenvalue weighted by Gasteiger charge is -2.32. The highest BCUT2D eigenvalue weighted by Crippen LogP contribution is 2.49. The zero-order valence-electron chi connectivity index (χ0n) is 12.1. The van der Waals surface area contributed by atoms with E-state index in [1.165, 1.54) is 12.1 Å². The monoisotopic (exact) mass is 294 g/mol. The van der Waals surface area contributed by atoms with Crippen LogP contribution in [0.5, 0.6) is 0 Å². The largest absolute Gasteiger partial charge is 0.342 e. The molecule has 21 heavy (non-hydrogen) atoms. The van der Waals surface area contributed by atoms with E-state index in [4.69, 9.17) is 0 Å². The van der Waals surface area contributed by atoms with Crippen LogP contribution in [0.4, 0.5) is 8.78 Å². The molecule has 1 saturated heterocycles. The van der Waals surface area contributed by atoms with Crippen molar-refractivity contribution in [2.75, 3.05) is 20.1 Å². The summed E-state index contributed by atoms with van der Waals surface area (Å²) in [6.07, 6.45) is 2.59. The van der Waals surface area contributed by atoms with Gasteiger partial charge in [0.1, 0.15) is 11.6 Å². The molecule has 2 atom stereocenters. The number of benzene rings is 1. The summed E-state index contributed by atoms with van der Waals surface area (Å²) < 4.78 is 26.7. The van der Waals surface area contributed by atoms with E-state index in [1.807, 2.05) is 11.9 Å². The van der Waals surface area contributed by atoms with Crippen molar-refractivity contribution in [2.45, 2.75) is 31.2 Å². The summed E-state index contributed by atoms with van der Waals surface area (Å²) in [6, 6.07) is 3.89. The summed E-state index contributed by atoms with van der Waals surface area (Å²) in [7, 11) is 1.84. The first kappa shape index (κ1) is 14.4. The van der Waals surface area contributed by atoms with Gasteiger partial charge in [-0.1, -0.05) is 6.07 Å². The molecule has 1 saturated carbocycles. The number of nitrogens with one attached hydrogen (secondary N) is 1. The highest BCUT2D eigenvalue weighted by atomic mass is 19.1. The third-order valence-electron chi connectivity index (χ3n) is 4.67. The first-order valence-electron chi connectivity index (χ1n) is 7.50. The Morgan fingerprint density at radius 2 is 2.00 bits per heavy atom. The molecule has 0 bridgehead atoms. The molecule has 1 aromatic rings. The van der Waals surface area contributed by atoms with Crippen molar-refractivity contribution in [2.24, 2.45) is 5.92 Å². The Morgan fingerprint density at radius 3 is 2.67 bits per heavy atom. The lowest BCUT2D eigenvalue weighted by atomic mass is 10.0. The second-order valence-electron chi connectivity index (χ2n) is 6.04. The van der Waals surface area contributed by atoms with Crippen molar-refractivity contribution in [1.29, 1.82) is 0 Å². The van der Waals surface area contributed by atoms with Gasteiger partial charge in [-0.05, 0) is 49.9 Å². The summed E-state index contributed by atoms with van der Waals surface area (Å²) in [4.78, 5) is 14.3. The smallest absolute Gasteiger partial charge is 0.226 e. The molecular formula is C16H20F2N2O. The van der Waals surface area contributed by atoms with Gasteiger partial charge in [-0.2, -0.15) is 0 Å². The van der Waals surface area contributed by atoms with Crippen LogP contribution in [0.15, 0.2) is 18.2 Å². The highest BCUT2D eigenvalue weighted by Gasteiger charge is 2.47. The molecule has 0 spiro atoms. The number of nitrogens with zero attached hydrogens (tertiary/aromatic N) is 1. The predicted octanol–water partition coefficient (Wildman–Crippen LogP) is 2.28. The van der Waals surface area contributed by atoms with Crippen LogP contribution in [0.2, 0.25) is 0 Å². The van der Waals surface area contributed by atoms with E-state index in [0.717, 1.165) is 32.0 Å². The third kappa shape index (κ3) is 2.93. The summed E-state index contributed by atoms with van der Waals surface area (Å²) in [5.74, 6) is -1.27. The fourth-order valence-corrected chi connectivity index (χ4v) is 3.25. The van der Waals surface area contributed by atoms with Crippen LogP contribution >= 0.6 is 0 Å². The number of amides is 1. The predicted molar refractivity (Wildman–Crippen MR) is 75.9 cm³/mol. The molecule has 0 aromatic heterocycles. The SMILES string of the molecule is CN(C(=O)C1CC1c1ccc(F)cc1F)C1CCNCC1. The normalized spacial score (nSPS) is 25.7. The van der Waals surface area contributed by atoms with Crippen molar-refractivity contribution in [3.63, 3.8) is 0 Å². The Labute approximate surface area is 123 Å². The molecule has 1 aromatic carbocycles. The molecule has 3 nitrogen and oxygen atoms in total. The summed E-state index contributed by atoms with van der Waals surface area (Å²) in [5, 5.41) is 3.28. The highest BCUT2D eigenvalue weighted by molar-refractivity contribution is 5.83. The molecule has 5 heteroatoms. The van der Waals surface area contributed by atoms with Gasteiger partial charge in [0.25, 0.3) is 0 Å². The number of hydrogen-bond acceptors (Lipinski definition) is 2. The van der Waals surface area contributed by atoms with Gasteiger partial charge in [0.05, 0.1) is 0 Å². The topological polar surface area (TPSA) is 32.3 Å². The molecule has 0 radical (unpaired) electrons. The molecule has 1 amide bonds. The number of piperidine rings is 1. The number of halogens is 2. The van der Waals surface area contributed by atoms with Crippen LogP contribution in [-0.2, 0) is 4.79 Å². The van der Waals surface area contributed by atoms with E-state index in [0.29, 0.717) is 12.0 Å². The molecule has 1 heterocycles. The van der Waals surface area contributed by atoms with Crippen LogP contribution in [0, 0.1) is 17.6 Å². The van der Waals surface area contributed by atoms with Crippen LogP contribution in [0.3, 0.4) is 0 Å². The Balaban J connectivity index is 1.65. The lowest BCUT2D eigenvalue weighted by molar-refractivity contribution is -0.133. The van der Waals surface area contributed by atoms with E-state index < -0.39 is 11.6 Å². The molecule has 1 aliphatic heterocycles. The van der Waals surface area contributed by atoms with Gasteiger partial charge in [0.2, 0.25) is 5.91 Å². The van der Waals surface area contributed by atoms with E-state index in [2.05, 4.69) is 5.32 Å². The maximum absolute atomic E-state index is 13.8. The van der Waals surface area contributed by atoms with Crippen molar-refractivity contribution in [3.05, 3.63) is 35.4 Å². The molecule has 2 fully saturated rings. The number of carbonyl (C=O) groups excluding carboxylic acids is 1. The van der Waals surface area contributed by atoms with Crippen LogP contribution in [-0.4, -0.2) is 37.0 Å². The van der Waals surface area contributed by atoms with Gasteiger partial charge >= 0.3 is 0 Å². The molecule has 1 N–H and O–H groups in total. The van der Waals surface area contributed by atoms with Crippen molar-refractivity contribution in [1.82, 2.24) is 10.2 Å². The third-order valence-corrected chi connectivity index (χ3v) is 4.67. The standard InChI is InChI=1S/C16H20F2N2O/c1-20(11-4-6-19-7-5-11)16(21)14-9-13(14)12-3-2-10(17)8-15(12)18/h2-3,8,11,13-14,19H,4-7,9H2,1H3. The van der Waals surface area contributed by atoms with Gasteiger partial charge in [0.15, 0.2) is 0 Å². The summed E-state index contributed by atoms with van der Waals surface area (Å²) in [6.45, 7) is 1.87. The van der Waals surface area contributed by atoms with Gasteiger partial charge in [-0.15, -0.1) is 0 Å². The van der Waals surface area contributed by atoms with Crippen molar-refractivity contribution in [3.8, 4) is 0 Å². The first-order valence-corrected chi connectivity index (χ1v) is 7.50. The quantitative estimate of drug-likeness (QED) is 0.927. The molecule has 2 unspecified atom stereocenters. The van der Waals surface area contributed by atoms with Crippen molar-refractivity contribution < 1.29 is 13.6 Å². The van der Waals surface area contributed by atoms with Gasteiger partial charge in [-0.3, -0.25) is 4.79 Å². The Kier molecular flexibility index (Phi) is 3.93. The average molecular weight is 294 g/mol. The van der Waals surface area contributed by atoms with Crippen LogP contribution < -0.4 is 5.32 Å². The Hall–Kier alpha value is -1.49. The molecule has 3 rings (SSSR count). The average Bonchev–Trinajstić information content (AvgIpc) is 3.27. The van der Waals surface area contributed by atoms with E-state index >= 15 is 0 Å². The van der Waals surface area contributed by atoms with Gasteiger partial charge < -0.3 is 10.2 Å². The van der Waals surface area contributed by atoms with E-state index in [9.17, 15) is 13.6 Å². The lowest BCUT2D eigenvalue weighted by Crippen LogP contribution is -2.44. The fraction of sp³-hybridized carbons (Fsp3) is 0.562. The minimum atomic E-state index is -0.577. The van der Waals surface area contributed by atoms with Crippen molar-refractivity contribution >= 4 is 5.91 Å². The number of carbonyl (C=O) groups is 1.